The molecular formula is C32H29ClN2O7S. The van der Waals surface area contributed by atoms with Crippen molar-refractivity contribution in [1.82, 2.24) is 4.90 Å². The van der Waals surface area contributed by atoms with Gasteiger partial charge in [0, 0.05) is 22.3 Å². The van der Waals surface area contributed by atoms with Gasteiger partial charge in [0.2, 0.25) is 5.91 Å². The molecule has 0 radical (unpaired) electrons. The first-order chi connectivity index (χ1) is 20.8. The van der Waals surface area contributed by atoms with Crippen LogP contribution in [0.4, 0.5) is 10.5 Å². The summed E-state index contributed by atoms with van der Waals surface area (Å²) in [5.74, 6) is 1.10. The number of hydrogen-bond acceptors (Lipinski definition) is 8. The van der Waals surface area contributed by atoms with Gasteiger partial charge in [-0.3, -0.25) is 19.3 Å². The summed E-state index contributed by atoms with van der Waals surface area (Å²) in [4.78, 5) is 39.8. The number of thioether (sulfide) groups is 1. The van der Waals surface area contributed by atoms with Crippen LogP contribution in [0, 0.1) is 0 Å². The summed E-state index contributed by atoms with van der Waals surface area (Å²) in [5, 5.41) is 2.81. The molecule has 2 aliphatic rings. The van der Waals surface area contributed by atoms with Crippen molar-refractivity contribution in [2.45, 2.75) is 20.0 Å². The molecule has 3 amide bonds. The maximum atomic E-state index is 13.2. The van der Waals surface area contributed by atoms with Gasteiger partial charge >= 0.3 is 0 Å². The minimum Gasteiger partial charge on any atom is -0.490 e. The van der Waals surface area contributed by atoms with Gasteiger partial charge in [0.25, 0.3) is 11.1 Å². The number of ether oxygens (including phenoxy) is 4. The Morgan fingerprint density at radius 1 is 1.07 bits per heavy atom. The van der Waals surface area contributed by atoms with Crippen molar-refractivity contribution >= 4 is 52.2 Å². The smallest absolute Gasteiger partial charge is 0.294 e. The van der Waals surface area contributed by atoms with Crippen LogP contribution in [0.25, 0.3) is 6.08 Å². The molecule has 0 unspecified atom stereocenters. The quantitative estimate of drug-likeness (QED) is 0.192. The van der Waals surface area contributed by atoms with Crippen molar-refractivity contribution in [2.24, 2.45) is 0 Å². The molecule has 1 fully saturated rings. The van der Waals surface area contributed by atoms with Gasteiger partial charge in [-0.25, -0.2) is 0 Å². The van der Waals surface area contributed by atoms with E-state index in [0.29, 0.717) is 72.1 Å². The molecule has 0 spiro atoms. The van der Waals surface area contributed by atoms with E-state index in [2.05, 4.69) is 11.9 Å². The van der Waals surface area contributed by atoms with E-state index in [-0.39, 0.29) is 4.91 Å². The van der Waals surface area contributed by atoms with E-state index in [4.69, 9.17) is 30.5 Å². The zero-order valence-corrected chi connectivity index (χ0v) is 25.0. The molecule has 3 aromatic rings. The summed E-state index contributed by atoms with van der Waals surface area (Å²) in [6.45, 7) is 6.85. The highest BCUT2D eigenvalue weighted by molar-refractivity contribution is 8.18. The summed E-state index contributed by atoms with van der Waals surface area (Å²) in [6.07, 6.45) is 3.85. The third-order valence-corrected chi connectivity index (χ3v) is 7.57. The van der Waals surface area contributed by atoms with Crippen molar-refractivity contribution in [3.63, 3.8) is 0 Å². The third-order valence-electron chi connectivity index (χ3n) is 6.41. The van der Waals surface area contributed by atoms with Gasteiger partial charge in [-0.05, 0) is 78.7 Å². The van der Waals surface area contributed by atoms with Gasteiger partial charge in [0.1, 0.15) is 26.4 Å². The summed E-state index contributed by atoms with van der Waals surface area (Å²) in [6, 6.07) is 16.0. The fourth-order valence-electron chi connectivity index (χ4n) is 4.49. The fraction of sp³-hybridized carbons (Fsp3) is 0.219. The summed E-state index contributed by atoms with van der Waals surface area (Å²) < 4.78 is 23.1. The lowest BCUT2D eigenvalue weighted by Crippen LogP contribution is -2.36. The average Bonchev–Trinajstić information content (AvgIpc) is 3.25. The van der Waals surface area contributed by atoms with Crippen LogP contribution in [-0.4, -0.2) is 48.3 Å². The lowest BCUT2D eigenvalue weighted by atomic mass is 10.0. The number of carbonyl (C=O) groups excluding carboxylic acids is 3. The van der Waals surface area contributed by atoms with E-state index in [0.717, 1.165) is 27.8 Å². The highest BCUT2D eigenvalue weighted by Crippen LogP contribution is 2.38. The molecule has 43 heavy (non-hydrogen) atoms. The van der Waals surface area contributed by atoms with Crippen LogP contribution < -0.4 is 24.3 Å². The number of benzene rings is 3. The van der Waals surface area contributed by atoms with E-state index in [1.807, 2.05) is 25.1 Å². The first-order valence-electron chi connectivity index (χ1n) is 13.6. The molecule has 0 bridgehead atoms. The number of halogens is 1. The highest BCUT2D eigenvalue weighted by atomic mass is 35.5. The molecule has 9 nitrogen and oxygen atoms in total. The third kappa shape index (κ3) is 7.33. The first-order valence-corrected chi connectivity index (χ1v) is 14.8. The molecule has 0 aromatic heterocycles. The Kier molecular flexibility index (Phi) is 9.58. The zero-order valence-electron chi connectivity index (χ0n) is 23.4. The molecule has 2 heterocycles. The number of imide groups is 1. The topological polar surface area (TPSA) is 103 Å². The van der Waals surface area contributed by atoms with Crippen LogP contribution in [0.3, 0.4) is 0 Å². The maximum Gasteiger partial charge on any atom is 0.294 e. The van der Waals surface area contributed by atoms with E-state index in [1.54, 1.807) is 48.6 Å². The molecule has 1 saturated heterocycles. The largest absolute Gasteiger partial charge is 0.490 e. The predicted molar refractivity (Wildman–Crippen MR) is 166 cm³/mol. The van der Waals surface area contributed by atoms with E-state index < -0.39 is 23.6 Å². The molecule has 0 aliphatic carbocycles. The number of anilines is 1. The zero-order chi connectivity index (χ0) is 30.3. The second-order valence-corrected chi connectivity index (χ2v) is 11.0. The van der Waals surface area contributed by atoms with Crippen LogP contribution >= 0.6 is 23.4 Å². The molecule has 3 aromatic carbocycles. The lowest BCUT2D eigenvalue weighted by Gasteiger charge is -2.19. The van der Waals surface area contributed by atoms with Gasteiger partial charge in [-0.1, -0.05) is 29.8 Å². The van der Waals surface area contributed by atoms with Crippen molar-refractivity contribution in [3.8, 4) is 23.0 Å². The van der Waals surface area contributed by atoms with Crippen molar-refractivity contribution < 1.29 is 33.3 Å². The van der Waals surface area contributed by atoms with E-state index in [1.165, 1.54) is 0 Å². The standard InChI is InChI=1S/C32H29ClN2O7S/c1-3-5-22-14-21(15-27(39-4-2)30(22)42-19-20-6-8-23(33)9-7-20)16-28-31(37)35(32(38)43-28)18-29(36)34-24-10-11-25-26(17-24)41-13-12-40-25/h3,6-11,14-17H,1,4-5,12-13,18-19H2,2H3,(H,34,36)/b28-16-. The minimum absolute atomic E-state index is 0.193. The number of rotatable bonds is 11. The van der Waals surface area contributed by atoms with Crippen molar-refractivity contribution in [2.75, 3.05) is 31.7 Å². The Bertz CT molecular complexity index is 1590. The highest BCUT2D eigenvalue weighted by Gasteiger charge is 2.36. The Labute approximate surface area is 258 Å². The molecule has 1 N–H and O–H groups in total. The molecule has 0 saturated carbocycles. The van der Waals surface area contributed by atoms with Crippen LogP contribution in [-0.2, 0) is 22.6 Å². The van der Waals surface area contributed by atoms with Crippen LogP contribution in [0.5, 0.6) is 23.0 Å². The number of nitrogens with one attached hydrogen (secondary N) is 1. The number of nitrogens with zero attached hydrogens (tertiary/aromatic N) is 1. The van der Waals surface area contributed by atoms with E-state index in [9.17, 15) is 14.4 Å². The van der Waals surface area contributed by atoms with Crippen LogP contribution in [0.1, 0.15) is 23.6 Å². The van der Waals surface area contributed by atoms with Gasteiger partial charge in [-0.15, -0.1) is 6.58 Å². The monoisotopic (exact) mass is 620 g/mol. The minimum atomic E-state index is -0.557. The van der Waals surface area contributed by atoms with Gasteiger partial charge in [0.15, 0.2) is 23.0 Å². The van der Waals surface area contributed by atoms with Crippen LogP contribution in [0.2, 0.25) is 5.02 Å². The average molecular weight is 621 g/mol. The molecular weight excluding hydrogens is 592 g/mol. The van der Waals surface area contributed by atoms with Gasteiger partial charge in [-0.2, -0.15) is 0 Å². The second-order valence-electron chi connectivity index (χ2n) is 9.52. The second kappa shape index (κ2) is 13.7. The number of allylic oxidation sites excluding steroid dienone is 1. The van der Waals surface area contributed by atoms with E-state index >= 15 is 0 Å². The van der Waals surface area contributed by atoms with Gasteiger partial charge in [0.05, 0.1) is 11.5 Å². The maximum absolute atomic E-state index is 13.2. The number of carbonyl (C=O) groups is 3. The lowest BCUT2D eigenvalue weighted by molar-refractivity contribution is -0.127. The summed E-state index contributed by atoms with van der Waals surface area (Å²) in [7, 11) is 0. The SMILES string of the molecule is C=CCc1cc(/C=C2\SC(=O)N(CC(=O)Nc3ccc4c(c3)OCCO4)C2=O)cc(OCC)c1OCc1ccc(Cl)cc1. The Hall–Kier alpha value is -4.41. The molecule has 11 heteroatoms. The summed E-state index contributed by atoms with van der Waals surface area (Å²) in [5.41, 5.74) is 2.85. The number of fused-ring (bicyclic) bond motifs is 1. The Morgan fingerprint density at radius 2 is 1.84 bits per heavy atom. The summed E-state index contributed by atoms with van der Waals surface area (Å²) >= 11 is 6.78. The van der Waals surface area contributed by atoms with Crippen molar-refractivity contribution in [1.29, 1.82) is 0 Å². The Balaban J connectivity index is 1.31. The van der Waals surface area contributed by atoms with Crippen molar-refractivity contribution in [3.05, 3.63) is 93.9 Å². The Morgan fingerprint density at radius 3 is 2.58 bits per heavy atom. The fourth-order valence-corrected chi connectivity index (χ4v) is 5.45. The molecule has 222 valence electrons. The molecule has 0 atom stereocenters. The predicted octanol–water partition coefficient (Wildman–Crippen LogP) is 6.49. The molecule has 5 rings (SSSR count). The van der Waals surface area contributed by atoms with Crippen LogP contribution in [0.15, 0.2) is 72.2 Å². The number of amides is 3. The molecule has 2 aliphatic heterocycles. The number of hydrogen-bond donors (Lipinski definition) is 1. The normalized spacial score (nSPS) is 15.0. The van der Waals surface area contributed by atoms with Gasteiger partial charge < -0.3 is 24.3 Å². The first kappa shape index (κ1) is 30.1.